The van der Waals surface area contributed by atoms with Crippen molar-refractivity contribution in [2.75, 3.05) is 13.6 Å². The molecule has 0 saturated heterocycles. The van der Waals surface area contributed by atoms with Crippen LogP contribution in [0, 0.1) is 5.92 Å². The second-order valence-electron chi connectivity index (χ2n) is 5.04. The Kier molecular flexibility index (Phi) is 4.43. The van der Waals surface area contributed by atoms with Gasteiger partial charge in [0.2, 0.25) is 0 Å². The van der Waals surface area contributed by atoms with E-state index in [2.05, 4.69) is 18.0 Å². The number of rotatable bonds is 4. The summed E-state index contributed by atoms with van der Waals surface area (Å²) in [6.45, 7) is 1.77. The van der Waals surface area contributed by atoms with Crippen molar-refractivity contribution in [2.24, 2.45) is 11.7 Å². The second-order valence-corrected chi connectivity index (χ2v) is 5.48. The molecule has 0 bridgehead atoms. The summed E-state index contributed by atoms with van der Waals surface area (Å²) in [5.41, 5.74) is 7.11. The van der Waals surface area contributed by atoms with Gasteiger partial charge < -0.3 is 5.73 Å². The molecule has 17 heavy (non-hydrogen) atoms. The minimum atomic E-state index is 0.638. The lowest BCUT2D eigenvalue weighted by Gasteiger charge is -2.29. The molecule has 2 nitrogen and oxygen atoms in total. The van der Waals surface area contributed by atoms with Crippen LogP contribution in [0.1, 0.15) is 24.8 Å². The van der Waals surface area contributed by atoms with Gasteiger partial charge in [0.1, 0.15) is 0 Å². The molecule has 1 saturated carbocycles. The fourth-order valence-electron chi connectivity index (χ4n) is 2.91. The maximum Gasteiger partial charge on any atom is 0.0409 e. The van der Waals surface area contributed by atoms with Gasteiger partial charge in [-0.15, -0.1) is 0 Å². The van der Waals surface area contributed by atoms with Gasteiger partial charge in [-0.2, -0.15) is 0 Å². The van der Waals surface area contributed by atoms with Gasteiger partial charge in [-0.25, -0.2) is 0 Å². The Hall–Kier alpha value is -0.570. The van der Waals surface area contributed by atoms with Gasteiger partial charge >= 0.3 is 0 Å². The SMILES string of the molecule is CN(Cc1cccc(Cl)c1)C1CCCC1CN. The Morgan fingerprint density at radius 1 is 1.41 bits per heavy atom. The largest absolute Gasteiger partial charge is 0.330 e. The smallest absolute Gasteiger partial charge is 0.0409 e. The lowest BCUT2D eigenvalue weighted by molar-refractivity contribution is 0.193. The van der Waals surface area contributed by atoms with Crippen molar-refractivity contribution >= 4 is 11.6 Å². The molecule has 0 radical (unpaired) electrons. The van der Waals surface area contributed by atoms with Crippen molar-refractivity contribution < 1.29 is 0 Å². The van der Waals surface area contributed by atoms with E-state index >= 15 is 0 Å². The van der Waals surface area contributed by atoms with Crippen LogP contribution in [0.5, 0.6) is 0 Å². The number of nitrogens with zero attached hydrogens (tertiary/aromatic N) is 1. The summed E-state index contributed by atoms with van der Waals surface area (Å²) >= 11 is 6.01. The van der Waals surface area contributed by atoms with Crippen molar-refractivity contribution in [1.82, 2.24) is 4.90 Å². The Balaban J connectivity index is 1.99. The maximum absolute atomic E-state index is 6.01. The third-order valence-corrected chi connectivity index (χ3v) is 4.04. The summed E-state index contributed by atoms with van der Waals surface area (Å²) in [5.74, 6) is 0.666. The van der Waals surface area contributed by atoms with E-state index < -0.39 is 0 Å². The van der Waals surface area contributed by atoms with Gasteiger partial charge in [0.15, 0.2) is 0 Å². The van der Waals surface area contributed by atoms with Gasteiger partial charge in [-0.3, -0.25) is 4.90 Å². The fraction of sp³-hybridized carbons (Fsp3) is 0.571. The lowest BCUT2D eigenvalue weighted by Crippen LogP contribution is -2.37. The highest BCUT2D eigenvalue weighted by molar-refractivity contribution is 6.30. The zero-order valence-electron chi connectivity index (χ0n) is 10.4. The summed E-state index contributed by atoms with van der Waals surface area (Å²) in [5, 5.41) is 0.817. The fourth-order valence-corrected chi connectivity index (χ4v) is 3.13. The zero-order valence-corrected chi connectivity index (χ0v) is 11.2. The van der Waals surface area contributed by atoms with Crippen LogP contribution in [-0.2, 0) is 6.54 Å². The third-order valence-electron chi connectivity index (χ3n) is 3.81. The molecular weight excluding hydrogens is 232 g/mol. The van der Waals surface area contributed by atoms with E-state index in [-0.39, 0.29) is 0 Å². The summed E-state index contributed by atoms with van der Waals surface area (Å²) < 4.78 is 0. The summed E-state index contributed by atoms with van der Waals surface area (Å²) in [6.07, 6.45) is 3.87. The van der Waals surface area contributed by atoms with E-state index in [0.29, 0.717) is 12.0 Å². The van der Waals surface area contributed by atoms with Crippen LogP contribution in [0.15, 0.2) is 24.3 Å². The first-order valence-electron chi connectivity index (χ1n) is 6.35. The van der Waals surface area contributed by atoms with E-state index in [1.807, 2.05) is 18.2 Å². The molecule has 0 aromatic heterocycles. The van der Waals surface area contributed by atoms with Crippen LogP contribution >= 0.6 is 11.6 Å². The van der Waals surface area contributed by atoms with Crippen molar-refractivity contribution in [2.45, 2.75) is 31.8 Å². The average Bonchev–Trinajstić information content (AvgIpc) is 2.77. The van der Waals surface area contributed by atoms with E-state index in [0.717, 1.165) is 18.1 Å². The van der Waals surface area contributed by atoms with Crippen LogP contribution in [0.4, 0.5) is 0 Å². The van der Waals surface area contributed by atoms with Crippen molar-refractivity contribution in [3.8, 4) is 0 Å². The third kappa shape index (κ3) is 3.21. The number of hydrogen-bond donors (Lipinski definition) is 1. The standard InChI is InChI=1S/C14H21ClN2/c1-17(14-7-3-5-12(14)9-16)10-11-4-2-6-13(15)8-11/h2,4,6,8,12,14H,3,5,7,9-10,16H2,1H3. The molecule has 0 spiro atoms. The molecule has 0 aliphatic heterocycles. The Morgan fingerprint density at radius 3 is 2.94 bits per heavy atom. The van der Waals surface area contributed by atoms with Crippen LogP contribution in [0.25, 0.3) is 0 Å². The van der Waals surface area contributed by atoms with Crippen LogP contribution < -0.4 is 5.73 Å². The molecular formula is C14H21ClN2. The number of hydrogen-bond acceptors (Lipinski definition) is 2. The van der Waals surface area contributed by atoms with Gasteiger partial charge in [-0.1, -0.05) is 30.2 Å². The molecule has 0 heterocycles. The maximum atomic E-state index is 6.01. The van der Waals surface area contributed by atoms with E-state index in [1.165, 1.54) is 24.8 Å². The normalized spacial score (nSPS) is 24.5. The van der Waals surface area contributed by atoms with E-state index in [9.17, 15) is 0 Å². The molecule has 2 N–H and O–H groups in total. The molecule has 1 aliphatic carbocycles. The highest BCUT2D eigenvalue weighted by atomic mass is 35.5. The number of benzene rings is 1. The molecule has 1 fully saturated rings. The predicted molar refractivity (Wildman–Crippen MR) is 73.1 cm³/mol. The van der Waals surface area contributed by atoms with E-state index in [1.54, 1.807) is 0 Å². The highest BCUT2D eigenvalue weighted by Gasteiger charge is 2.29. The first kappa shape index (κ1) is 12.9. The first-order valence-corrected chi connectivity index (χ1v) is 6.73. The first-order chi connectivity index (χ1) is 8.20. The summed E-state index contributed by atoms with van der Waals surface area (Å²) in [6, 6.07) is 8.75. The van der Waals surface area contributed by atoms with Gasteiger partial charge in [0, 0.05) is 17.6 Å². The van der Waals surface area contributed by atoms with E-state index in [4.69, 9.17) is 17.3 Å². The summed E-state index contributed by atoms with van der Waals surface area (Å²) in [4.78, 5) is 2.43. The molecule has 0 amide bonds. The molecule has 94 valence electrons. The van der Waals surface area contributed by atoms with Crippen LogP contribution in [-0.4, -0.2) is 24.5 Å². The summed E-state index contributed by atoms with van der Waals surface area (Å²) in [7, 11) is 2.19. The molecule has 1 aromatic carbocycles. The number of halogens is 1. The Bertz CT molecular complexity index is 367. The average molecular weight is 253 g/mol. The van der Waals surface area contributed by atoms with Crippen LogP contribution in [0.2, 0.25) is 5.02 Å². The zero-order chi connectivity index (χ0) is 12.3. The minimum Gasteiger partial charge on any atom is -0.330 e. The lowest BCUT2D eigenvalue weighted by atomic mass is 10.0. The van der Waals surface area contributed by atoms with Gasteiger partial charge in [0.25, 0.3) is 0 Å². The predicted octanol–water partition coefficient (Wildman–Crippen LogP) is 2.90. The van der Waals surface area contributed by atoms with Gasteiger partial charge in [-0.05, 0) is 50.0 Å². The number of nitrogens with two attached hydrogens (primary N) is 1. The van der Waals surface area contributed by atoms with Crippen molar-refractivity contribution in [3.63, 3.8) is 0 Å². The quantitative estimate of drug-likeness (QED) is 0.893. The topological polar surface area (TPSA) is 29.3 Å². The molecule has 1 aromatic rings. The minimum absolute atomic E-state index is 0.638. The van der Waals surface area contributed by atoms with Gasteiger partial charge in [0.05, 0.1) is 0 Å². The molecule has 1 aliphatic rings. The van der Waals surface area contributed by atoms with Crippen molar-refractivity contribution in [3.05, 3.63) is 34.9 Å². The highest BCUT2D eigenvalue weighted by Crippen LogP contribution is 2.29. The van der Waals surface area contributed by atoms with Crippen LogP contribution in [0.3, 0.4) is 0 Å². The van der Waals surface area contributed by atoms with Crippen molar-refractivity contribution in [1.29, 1.82) is 0 Å². The molecule has 2 rings (SSSR count). The Labute approximate surface area is 109 Å². The second kappa shape index (κ2) is 5.85. The monoisotopic (exact) mass is 252 g/mol. The Morgan fingerprint density at radius 2 is 2.24 bits per heavy atom. The molecule has 2 unspecified atom stereocenters. The molecule has 2 atom stereocenters. The molecule has 3 heteroatoms.